The number of nitrogens with one attached hydrogen (secondary N) is 1. The summed E-state index contributed by atoms with van der Waals surface area (Å²) >= 11 is 6.19. The molecule has 0 saturated carbocycles. The number of hydrogen-bond acceptors (Lipinski definition) is 4. The van der Waals surface area contributed by atoms with Crippen LogP contribution in [0, 0.1) is 17.1 Å². The third-order valence-electron chi connectivity index (χ3n) is 5.84. The highest BCUT2D eigenvalue weighted by Gasteiger charge is 2.25. The molecule has 3 aromatic carbocycles. The van der Waals surface area contributed by atoms with Crippen LogP contribution in [0.5, 0.6) is 0 Å². The third-order valence-corrected chi connectivity index (χ3v) is 6.26. The number of rotatable bonds is 6. The molecule has 0 unspecified atom stereocenters. The fourth-order valence-corrected chi connectivity index (χ4v) is 4.22. The second-order valence-corrected chi connectivity index (χ2v) is 8.34. The number of halogens is 2. The maximum absolute atomic E-state index is 14.1. The molecule has 0 aliphatic rings. The summed E-state index contributed by atoms with van der Waals surface area (Å²) in [4.78, 5) is 25.2. The number of esters is 1. The zero-order valence-electron chi connectivity index (χ0n) is 19.0. The molecule has 0 spiro atoms. The van der Waals surface area contributed by atoms with Crippen LogP contribution < -0.4 is 5.32 Å². The van der Waals surface area contributed by atoms with Crippen molar-refractivity contribution in [2.45, 2.75) is 19.5 Å². The molecule has 1 atom stereocenters. The monoisotopic (exact) mass is 489 g/mol. The number of benzene rings is 3. The van der Waals surface area contributed by atoms with Gasteiger partial charge in [-0.05, 0) is 42.3 Å². The molecular weight excluding hydrogens is 469 g/mol. The fraction of sp³-hybridized carbons (Fsp3) is 0.148. The molecular formula is C27H21ClFN3O3. The minimum absolute atomic E-state index is 0.0331. The Bertz CT molecular complexity index is 1470. The van der Waals surface area contributed by atoms with E-state index >= 15 is 0 Å². The largest absolute Gasteiger partial charge is 0.465 e. The van der Waals surface area contributed by atoms with Crippen LogP contribution in [0.3, 0.4) is 0 Å². The van der Waals surface area contributed by atoms with Gasteiger partial charge in [-0.1, -0.05) is 54.1 Å². The number of carbonyl (C=O) groups excluding carboxylic acids is 2. The molecule has 6 nitrogen and oxygen atoms in total. The summed E-state index contributed by atoms with van der Waals surface area (Å²) in [5.74, 6) is -1.47. The maximum Gasteiger partial charge on any atom is 0.337 e. The van der Waals surface area contributed by atoms with E-state index in [-0.39, 0.29) is 22.8 Å². The number of carbonyl (C=O) groups is 2. The van der Waals surface area contributed by atoms with E-state index in [1.165, 1.54) is 13.2 Å². The number of nitrogens with zero attached hydrogens (tertiary/aromatic N) is 2. The average Bonchev–Trinajstić information content (AvgIpc) is 3.19. The van der Waals surface area contributed by atoms with E-state index in [0.717, 1.165) is 5.56 Å². The standard InChI is InChI=1S/C27H21ClFN3O3/c1-16(17-10-12-18(13-11-17)27(34)35-2)31-26(33)25-21(14-30)20-7-3-4-9-23(20)32(25)15-19-6-5-8-22(29)24(19)28/h3-13,16H,15H2,1-2H3,(H,31,33)/t16-/m0/s1. The molecule has 0 aliphatic carbocycles. The lowest BCUT2D eigenvalue weighted by molar-refractivity contribution is 0.0600. The van der Waals surface area contributed by atoms with Gasteiger partial charge >= 0.3 is 5.97 Å². The lowest BCUT2D eigenvalue weighted by atomic mass is 10.1. The number of para-hydroxylation sites is 1. The van der Waals surface area contributed by atoms with E-state index in [9.17, 15) is 19.2 Å². The first-order chi connectivity index (χ1) is 16.8. The normalized spacial score (nSPS) is 11.6. The van der Waals surface area contributed by atoms with Gasteiger partial charge in [0, 0.05) is 11.9 Å². The van der Waals surface area contributed by atoms with Gasteiger partial charge in [0.2, 0.25) is 0 Å². The smallest absolute Gasteiger partial charge is 0.337 e. The van der Waals surface area contributed by atoms with E-state index in [0.29, 0.717) is 22.0 Å². The van der Waals surface area contributed by atoms with E-state index in [2.05, 4.69) is 11.4 Å². The van der Waals surface area contributed by atoms with Crippen LogP contribution in [0.2, 0.25) is 5.02 Å². The van der Waals surface area contributed by atoms with Crippen LogP contribution >= 0.6 is 11.6 Å². The van der Waals surface area contributed by atoms with Gasteiger partial charge in [0.05, 0.1) is 34.8 Å². The highest BCUT2D eigenvalue weighted by atomic mass is 35.5. The summed E-state index contributed by atoms with van der Waals surface area (Å²) in [6.45, 7) is 1.90. The van der Waals surface area contributed by atoms with Crippen LogP contribution in [0.25, 0.3) is 10.9 Å². The second-order valence-electron chi connectivity index (χ2n) is 7.96. The summed E-state index contributed by atoms with van der Waals surface area (Å²) in [5.41, 5.74) is 2.68. The van der Waals surface area contributed by atoms with Crippen molar-refractivity contribution < 1.29 is 18.7 Å². The fourth-order valence-electron chi connectivity index (χ4n) is 4.03. The molecule has 0 aliphatic heterocycles. The Balaban J connectivity index is 1.73. The van der Waals surface area contributed by atoms with Gasteiger partial charge in [-0.15, -0.1) is 0 Å². The Morgan fingerprint density at radius 2 is 1.83 bits per heavy atom. The third kappa shape index (κ3) is 4.61. The van der Waals surface area contributed by atoms with Crippen molar-refractivity contribution in [3.05, 3.63) is 106 Å². The van der Waals surface area contributed by atoms with Gasteiger partial charge < -0.3 is 14.6 Å². The van der Waals surface area contributed by atoms with E-state index in [4.69, 9.17) is 16.3 Å². The predicted molar refractivity (Wildman–Crippen MR) is 131 cm³/mol. The van der Waals surface area contributed by atoms with Crippen LogP contribution in [-0.4, -0.2) is 23.6 Å². The van der Waals surface area contributed by atoms with Crippen LogP contribution in [0.4, 0.5) is 4.39 Å². The number of methoxy groups -OCH3 is 1. The Hall–Kier alpha value is -4.15. The molecule has 1 heterocycles. The molecule has 1 aromatic heterocycles. The van der Waals surface area contributed by atoms with Crippen molar-refractivity contribution in [3.63, 3.8) is 0 Å². The van der Waals surface area contributed by atoms with Crippen LogP contribution in [0.1, 0.15) is 50.5 Å². The first kappa shape index (κ1) is 24.0. The van der Waals surface area contributed by atoms with E-state index in [1.807, 2.05) is 0 Å². The van der Waals surface area contributed by atoms with Crippen LogP contribution in [-0.2, 0) is 11.3 Å². The first-order valence-electron chi connectivity index (χ1n) is 10.8. The van der Waals surface area contributed by atoms with Gasteiger partial charge in [-0.3, -0.25) is 4.79 Å². The van der Waals surface area contributed by atoms with Gasteiger partial charge in [-0.2, -0.15) is 5.26 Å². The van der Waals surface area contributed by atoms with Crippen molar-refractivity contribution in [3.8, 4) is 6.07 Å². The van der Waals surface area contributed by atoms with Crippen molar-refractivity contribution in [1.29, 1.82) is 5.26 Å². The van der Waals surface area contributed by atoms with E-state index in [1.54, 1.807) is 72.2 Å². The number of fused-ring (bicyclic) bond motifs is 1. The summed E-state index contributed by atoms with van der Waals surface area (Å²) in [5, 5.41) is 13.4. The molecule has 4 rings (SSSR count). The second kappa shape index (κ2) is 10.00. The van der Waals surface area contributed by atoms with Gasteiger partial charge in [0.25, 0.3) is 5.91 Å². The topological polar surface area (TPSA) is 84.1 Å². The molecule has 1 N–H and O–H groups in total. The van der Waals surface area contributed by atoms with Crippen molar-refractivity contribution in [1.82, 2.24) is 9.88 Å². The zero-order chi connectivity index (χ0) is 25.1. The van der Waals surface area contributed by atoms with Gasteiger partial charge in [0.15, 0.2) is 0 Å². The van der Waals surface area contributed by atoms with Crippen molar-refractivity contribution in [2.75, 3.05) is 7.11 Å². The average molecular weight is 490 g/mol. The highest BCUT2D eigenvalue weighted by Crippen LogP contribution is 2.29. The molecule has 176 valence electrons. The number of hydrogen-bond donors (Lipinski definition) is 1. The van der Waals surface area contributed by atoms with E-state index < -0.39 is 23.7 Å². The predicted octanol–water partition coefficient (Wildman–Crippen LogP) is 5.63. The maximum atomic E-state index is 14.1. The lowest BCUT2D eigenvalue weighted by Crippen LogP contribution is -2.29. The van der Waals surface area contributed by atoms with Crippen LogP contribution in [0.15, 0.2) is 66.7 Å². The summed E-state index contributed by atoms with van der Waals surface area (Å²) in [6, 6.07) is 20.1. The quantitative estimate of drug-likeness (QED) is 0.356. The minimum atomic E-state index is -0.559. The SMILES string of the molecule is COC(=O)c1ccc([C@H](C)NC(=O)c2c(C#N)c3ccccc3n2Cc2cccc(F)c2Cl)cc1. The highest BCUT2D eigenvalue weighted by molar-refractivity contribution is 6.31. The Labute approximate surface area is 206 Å². The summed E-state index contributed by atoms with van der Waals surface area (Å²) < 4.78 is 20.5. The first-order valence-corrected chi connectivity index (χ1v) is 11.2. The molecule has 35 heavy (non-hydrogen) atoms. The van der Waals surface area contributed by atoms with Gasteiger partial charge in [0.1, 0.15) is 17.6 Å². The molecule has 0 saturated heterocycles. The number of nitriles is 1. The number of amides is 1. The lowest BCUT2D eigenvalue weighted by Gasteiger charge is -2.17. The summed E-state index contributed by atoms with van der Waals surface area (Å²) in [6.07, 6.45) is 0. The number of ether oxygens (including phenoxy) is 1. The number of aromatic nitrogens is 1. The van der Waals surface area contributed by atoms with Crippen molar-refractivity contribution in [2.24, 2.45) is 0 Å². The Morgan fingerprint density at radius 1 is 1.11 bits per heavy atom. The Morgan fingerprint density at radius 3 is 2.51 bits per heavy atom. The minimum Gasteiger partial charge on any atom is -0.465 e. The molecule has 0 bridgehead atoms. The Kier molecular flexibility index (Phi) is 6.85. The molecule has 0 fully saturated rings. The van der Waals surface area contributed by atoms with Gasteiger partial charge in [-0.25, -0.2) is 9.18 Å². The molecule has 8 heteroatoms. The van der Waals surface area contributed by atoms with Crippen molar-refractivity contribution >= 4 is 34.4 Å². The zero-order valence-corrected chi connectivity index (χ0v) is 19.8. The summed E-state index contributed by atoms with van der Waals surface area (Å²) in [7, 11) is 1.31. The molecule has 4 aromatic rings. The molecule has 1 amide bonds. The molecule has 0 radical (unpaired) electrons.